The average Bonchev–Trinajstić information content (AvgIpc) is 2.39. The van der Waals surface area contributed by atoms with Crippen molar-refractivity contribution in [3.8, 4) is 6.07 Å². The third-order valence-electron chi connectivity index (χ3n) is 2.36. The number of nitrogens with zero attached hydrogens (tertiary/aromatic N) is 1. The van der Waals surface area contributed by atoms with Crippen LogP contribution in [0.4, 0.5) is 10.5 Å². The molecular formula is C12H11ClN4O4. The van der Waals surface area contributed by atoms with E-state index in [9.17, 15) is 14.4 Å². The first kappa shape index (κ1) is 16.3. The lowest BCUT2D eigenvalue weighted by Crippen LogP contribution is -2.45. The van der Waals surface area contributed by atoms with Crippen molar-refractivity contribution < 1.29 is 19.5 Å². The van der Waals surface area contributed by atoms with Crippen LogP contribution in [0.2, 0.25) is 5.02 Å². The second-order valence-corrected chi connectivity index (χ2v) is 4.37. The molecule has 0 saturated heterocycles. The minimum Gasteiger partial charge on any atom is -0.480 e. The molecule has 3 amide bonds. The van der Waals surface area contributed by atoms with Gasteiger partial charge in [-0.05, 0) is 18.2 Å². The molecule has 0 radical (unpaired) electrons. The number of hydrogen-bond acceptors (Lipinski definition) is 4. The van der Waals surface area contributed by atoms with Gasteiger partial charge in [0, 0.05) is 0 Å². The van der Waals surface area contributed by atoms with Crippen LogP contribution in [-0.4, -0.2) is 29.1 Å². The van der Waals surface area contributed by atoms with Crippen molar-refractivity contribution in [3.05, 3.63) is 28.8 Å². The van der Waals surface area contributed by atoms with Crippen molar-refractivity contribution >= 4 is 35.2 Å². The Morgan fingerprint density at radius 3 is 2.57 bits per heavy atom. The van der Waals surface area contributed by atoms with E-state index in [0.29, 0.717) is 5.56 Å². The van der Waals surface area contributed by atoms with E-state index in [-0.39, 0.29) is 10.7 Å². The van der Waals surface area contributed by atoms with Crippen LogP contribution in [0.3, 0.4) is 0 Å². The SMILES string of the molecule is N#Cc1ccc(NC(=O)N[C@@H](CC(N)=O)C(=O)O)c(Cl)c1. The highest BCUT2D eigenvalue weighted by Crippen LogP contribution is 2.22. The maximum Gasteiger partial charge on any atom is 0.326 e. The quantitative estimate of drug-likeness (QED) is 0.631. The number of halogens is 1. The molecule has 0 heterocycles. The molecule has 0 fully saturated rings. The molecule has 21 heavy (non-hydrogen) atoms. The van der Waals surface area contributed by atoms with E-state index in [1.165, 1.54) is 18.2 Å². The number of hydrogen-bond donors (Lipinski definition) is 4. The number of primary amides is 1. The highest BCUT2D eigenvalue weighted by Gasteiger charge is 2.22. The van der Waals surface area contributed by atoms with Crippen molar-refractivity contribution in [2.75, 3.05) is 5.32 Å². The maximum atomic E-state index is 11.7. The van der Waals surface area contributed by atoms with Crippen molar-refractivity contribution in [1.82, 2.24) is 5.32 Å². The summed E-state index contributed by atoms with van der Waals surface area (Å²) in [5, 5.41) is 22.0. The van der Waals surface area contributed by atoms with Gasteiger partial charge in [0.25, 0.3) is 0 Å². The van der Waals surface area contributed by atoms with Gasteiger partial charge in [0.05, 0.1) is 28.8 Å². The van der Waals surface area contributed by atoms with Crippen LogP contribution >= 0.6 is 11.6 Å². The van der Waals surface area contributed by atoms with Crippen LogP contribution < -0.4 is 16.4 Å². The second kappa shape index (κ2) is 7.12. The first-order chi connectivity index (χ1) is 9.83. The first-order valence-corrected chi connectivity index (χ1v) is 5.99. The van der Waals surface area contributed by atoms with E-state index in [0.717, 1.165) is 0 Å². The van der Waals surface area contributed by atoms with Gasteiger partial charge >= 0.3 is 12.0 Å². The van der Waals surface area contributed by atoms with Crippen LogP contribution in [0.1, 0.15) is 12.0 Å². The number of aliphatic carboxylic acids is 1. The van der Waals surface area contributed by atoms with Crippen LogP contribution in [0.25, 0.3) is 0 Å². The van der Waals surface area contributed by atoms with Gasteiger partial charge in [-0.1, -0.05) is 11.6 Å². The van der Waals surface area contributed by atoms with E-state index >= 15 is 0 Å². The van der Waals surface area contributed by atoms with Gasteiger partial charge < -0.3 is 21.5 Å². The third-order valence-corrected chi connectivity index (χ3v) is 2.67. The van der Waals surface area contributed by atoms with E-state index in [2.05, 4.69) is 10.6 Å². The normalized spacial score (nSPS) is 11.0. The third kappa shape index (κ3) is 5.00. The van der Waals surface area contributed by atoms with E-state index in [4.69, 9.17) is 27.7 Å². The zero-order chi connectivity index (χ0) is 16.0. The second-order valence-electron chi connectivity index (χ2n) is 3.97. The number of rotatable bonds is 5. The number of amides is 3. The number of benzene rings is 1. The smallest absolute Gasteiger partial charge is 0.326 e. The fourth-order valence-corrected chi connectivity index (χ4v) is 1.63. The summed E-state index contributed by atoms with van der Waals surface area (Å²) < 4.78 is 0. The summed E-state index contributed by atoms with van der Waals surface area (Å²) in [4.78, 5) is 33.2. The fraction of sp³-hybridized carbons (Fsp3) is 0.167. The first-order valence-electron chi connectivity index (χ1n) is 5.61. The van der Waals surface area contributed by atoms with Gasteiger partial charge in [0.2, 0.25) is 5.91 Å². The van der Waals surface area contributed by atoms with Crippen molar-refractivity contribution in [2.24, 2.45) is 5.73 Å². The monoisotopic (exact) mass is 310 g/mol. The summed E-state index contributed by atoms with van der Waals surface area (Å²) in [7, 11) is 0. The Morgan fingerprint density at radius 2 is 2.10 bits per heavy atom. The fourth-order valence-electron chi connectivity index (χ4n) is 1.40. The summed E-state index contributed by atoms with van der Waals surface area (Å²) in [6.45, 7) is 0. The Labute approximate surface area is 124 Å². The average molecular weight is 311 g/mol. The van der Waals surface area contributed by atoms with Gasteiger partial charge in [-0.15, -0.1) is 0 Å². The minimum absolute atomic E-state index is 0.117. The minimum atomic E-state index is -1.44. The zero-order valence-corrected chi connectivity index (χ0v) is 11.3. The molecule has 5 N–H and O–H groups in total. The van der Waals surface area contributed by atoms with Crippen LogP contribution in [-0.2, 0) is 9.59 Å². The Kier molecular flexibility index (Phi) is 5.51. The van der Waals surface area contributed by atoms with Crippen LogP contribution in [0, 0.1) is 11.3 Å². The number of carbonyl (C=O) groups is 3. The summed E-state index contributed by atoms with van der Waals surface area (Å²) >= 11 is 5.85. The van der Waals surface area contributed by atoms with Gasteiger partial charge in [-0.25, -0.2) is 9.59 Å². The topological polar surface area (TPSA) is 145 Å². The maximum absolute atomic E-state index is 11.7. The molecule has 1 aromatic carbocycles. The molecule has 1 atom stereocenters. The standard InChI is InChI=1S/C12H11ClN4O4/c13-7-3-6(5-14)1-2-8(7)16-12(21)17-9(11(19)20)4-10(15)18/h1-3,9H,4H2,(H2,15,18)(H,19,20)(H2,16,17,21)/t9-/m0/s1. The largest absolute Gasteiger partial charge is 0.480 e. The van der Waals surface area contributed by atoms with Gasteiger partial charge in [-0.3, -0.25) is 4.79 Å². The molecule has 8 nitrogen and oxygen atoms in total. The predicted molar refractivity (Wildman–Crippen MR) is 73.6 cm³/mol. The summed E-state index contributed by atoms with van der Waals surface area (Å²) in [5.41, 5.74) is 5.39. The molecule has 0 aliphatic rings. The molecule has 1 aromatic rings. The number of carboxylic acid groups (broad SMARTS) is 1. The Hall–Kier alpha value is -2.79. The Balaban J connectivity index is 2.75. The van der Waals surface area contributed by atoms with Gasteiger partial charge in [-0.2, -0.15) is 5.26 Å². The number of nitriles is 1. The highest BCUT2D eigenvalue weighted by atomic mass is 35.5. The van der Waals surface area contributed by atoms with Crippen molar-refractivity contribution in [3.63, 3.8) is 0 Å². The number of carbonyl (C=O) groups excluding carboxylic acids is 2. The van der Waals surface area contributed by atoms with Crippen molar-refractivity contribution in [2.45, 2.75) is 12.5 Å². The molecule has 0 aliphatic carbocycles. The molecule has 110 valence electrons. The number of anilines is 1. The molecule has 0 spiro atoms. The van der Waals surface area contributed by atoms with Crippen molar-refractivity contribution in [1.29, 1.82) is 5.26 Å². The van der Waals surface area contributed by atoms with E-state index < -0.39 is 30.4 Å². The van der Waals surface area contributed by atoms with E-state index in [1.54, 1.807) is 0 Å². The Bertz CT molecular complexity index is 626. The number of nitrogens with two attached hydrogens (primary N) is 1. The molecule has 0 aliphatic heterocycles. The molecular weight excluding hydrogens is 300 g/mol. The van der Waals surface area contributed by atoms with Gasteiger partial charge in [0.15, 0.2) is 0 Å². The Morgan fingerprint density at radius 1 is 1.43 bits per heavy atom. The number of carboxylic acids is 1. The highest BCUT2D eigenvalue weighted by molar-refractivity contribution is 6.33. The van der Waals surface area contributed by atoms with Gasteiger partial charge in [0.1, 0.15) is 6.04 Å². The predicted octanol–water partition coefficient (Wildman–Crippen LogP) is 0.662. The molecule has 1 rings (SSSR count). The lowest BCUT2D eigenvalue weighted by Gasteiger charge is -2.14. The molecule has 0 aromatic heterocycles. The lowest BCUT2D eigenvalue weighted by molar-refractivity contribution is -0.140. The van der Waals surface area contributed by atoms with Crippen LogP contribution in [0.15, 0.2) is 18.2 Å². The van der Waals surface area contributed by atoms with E-state index in [1.807, 2.05) is 6.07 Å². The molecule has 0 saturated carbocycles. The summed E-state index contributed by atoms with van der Waals surface area (Å²) in [6, 6.07) is 3.73. The molecule has 0 unspecified atom stereocenters. The number of urea groups is 1. The lowest BCUT2D eigenvalue weighted by atomic mass is 10.2. The zero-order valence-electron chi connectivity index (χ0n) is 10.6. The summed E-state index contributed by atoms with van der Waals surface area (Å²) in [6.07, 6.45) is -0.538. The van der Waals surface area contributed by atoms with Crippen LogP contribution in [0.5, 0.6) is 0 Å². The molecule has 0 bridgehead atoms. The number of nitrogens with one attached hydrogen (secondary N) is 2. The molecule has 9 heteroatoms. The summed E-state index contributed by atoms with van der Waals surface area (Å²) in [5.74, 6) is -2.26.